The quantitative estimate of drug-likeness (QED) is 0.633. The predicted octanol–water partition coefficient (Wildman–Crippen LogP) is 0.391. The largest absolute Gasteiger partial charge is 0.393 e. The summed E-state index contributed by atoms with van der Waals surface area (Å²) in [6, 6.07) is 0.159. The molecule has 1 amide bonds. The fourth-order valence-electron chi connectivity index (χ4n) is 1.98. The second kappa shape index (κ2) is 6.08. The lowest BCUT2D eigenvalue weighted by Gasteiger charge is -2.27. The number of carbonyl (C=O) groups excluding carboxylic acids is 1. The minimum absolute atomic E-state index is 0.0621. The molecule has 3 unspecified atom stereocenters. The molecule has 0 saturated heterocycles. The number of amides is 1. The van der Waals surface area contributed by atoms with E-state index < -0.39 is 0 Å². The van der Waals surface area contributed by atoms with Crippen LogP contribution in [0.5, 0.6) is 0 Å². The van der Waals surface area contributed by atoms with E-state index in [0.29, 0.717) is 19.4 Å². The van der Waals surface area contributed by atoms with Gasteiger partial charge in [-0.25, -0.2) is 0 Å². The molecule has 0 bridgehead atoms. The highest BCUT2D eigenvalue weighted by Gasteiger charge is 2.21. The highest BCUT2D eigenvalue weighted by Crippen LogP contribution is 2.18. The molecule has 1 rings (SSSR count). The van der Waals surface area contributed by atoms with Gasteiger partial charge in [0.2, 0.25) is 5.91 Å². The third-order valence-corrected chi connectivity index (χ3v) is 2.95. The fourth-order valence-corrected chi connectivity index (χ4v) is 1.98. The van der Waals surface area contributed by atoms with E-state index in [0.717, 1.165) is 19.3 Å². The van der Waals surface area contributed by atoms with Crippen molar-refractivity contribution in [1.82, 2.24) is 5.32 Å². The van der Waals surface area contributed by atoms with Crippen LogP contribution in [0.15, 0.2) is 0 Å². The summed E-state index contributed by atoms with van der Waals surface area (Å²) in [5, 5.41) is 12.4. The zero-order valence-corrected chi connectivity index (χ0v) is 9.41. The number of nitrogens with one attached hydrogen (secondary N) is 1. The van der Waals surface area contributed by atoms with Crippen molar-refractivity contribution in [2.45, 2.75) is 51.2 Å². The maximum Gasteiger partial charge on any atom is 0.220 e. The number of carbonyl (C=O) groups is 1. The van der Waals surface area contributed by atoms with E-state index in [4.69, 9.17) is 5.73 Å². The first-order valence-electron chi connectivity index (χ1n) is 5.79. The van der Waals surface area contributed by atoms with E-state index in [1.54, 1.807) is 0 Å². The maximum atomic E-state index is 11.5. The van der Waals surface area contributed by atoms with Gasteiger partial charge in [-0.05, 0) is 38.1 Å². The third kappa shape index (κ3) is 4.62. The first kappa shape index (κ1) is 12.5. The molecule has 1 saturated carbocycles. The van der Waals surface area contributed by atoms with Crippen molar-refractivity contribution in [3.63, 3.8) is 0 Å². The summed E-state index contributed by atoms with van der Waals surface area (Å²) in [6.07, 6.45) is 3.80. The summed E-state index contributed by atoms with van der Waals surface area (Å²) in [4.78, 5) is 11.5. The summed E-state index contributed by atoms with van der Waals surface area (Å²) in [5.41, 5.74) is 5.46. The highest BCUT2D eigenvalue weighted by atomic mass is 16.3. The minimum atomic E-state index is -0.240. The molecule has 0 radical (unpaired) electrons. The average molecular weight is 214 g/mol. The van der Waals surface area contributed by atoms with Gasteiger partial charge < -0.3 is 16.2 Å². The van der Waals surface area contributed by atoms with Gasteiger partial charge in [0.05, 0.1) is 6.10 Å². The number of rotatable bonds is 4. The Balaban J connectivity index is 2.24. The lowest BCUT2D eigenvalue weighted by atomic mass is 9.93. The number of hydrogen-bond donors (Lipinski definition) is 3. The van der Waals surface area contributed by atoms with Crippen LogP contribution in [0.3, 0.4) is 0 Å². The Labute approximate surface area is 91.2 Å². The molecule has 4 heteroatoms. The molecule has 1 aliphatic carbocycles. The predicted molar refractivity (Wildman–Crippen MR) is 59.2 cm³/mol. The van der Waals surface area contributed by atoms with Gasteiger partial charge in [0, 0.05) is 12.5 Å². The average Bonchev–Trinajstić information content (AvgIpc) is 2.17. The van der Waals surface area contributed by atoms with Gasteiger partial charge >= 0.3 is 0 Å². The first-order chi connectivity index (χ1) is 7.11. The van der Waals surface area contributed by atoms with Gasteiger partial charge in [-0.1, -0.05) is 6.92 Å². The molecule has 1 aliphatic rings. The second-order valence-electron chi connectivity index (χ2n) is 4.63. The van der Waals surface area contributed by atoms with Gasteiger partial charge in [0.25, 0.3) is 0 Å². The molecule has 0 heterocycles. The topological polar surface area (TPSA) is 75.4 Å². The van der Waals surface area contributed by atoms with Gasteiger partial charge in [0.15, 0.2) is 0 Å². The summed E-state index contributed by atoms with van der Waals surface area (Å²) < 4.78 is 0. The van der Waals surface area contributed by atoms with Gasteiger partial charge in [-0.2, -0.15) is 0 Å². The molecule has 4 N–H and O–H groups in total. The van der Waals surface area contributed by atoms with Crippen LogP contribution in [0.25, 0.3) is 0 Å². The van der Waals surface area contributed by atoms with Gasteiger partial charge in [0.1, 0.15) is 0 Å². The minimum Gasteiger partial charge on any atom is -0.393 e. The molecular weight excluding hydrogens is 192 g/mol. The van der Waals surface area contributed by atoms with Crippen LogP contribution in [0.2, 0.25) is 0 Å². The molecule has 0 aliphatic heterocycles. The number of aliphatic hydroxyl groups is 1. The second-order valence-corrected chi connectivity index (χ2v) is 4.63. The van der Waals surface area contributed by atoms with E-state index in [1.807, 2.05) is 6.92 Å². The van der Waals surface area contributed by atoms with Crippen molar-refractivity contribution in [2.75, 3.05) is 6.54 Å². The molecule has 1 fully saturated rings. The van der Waals surface area contributed by atoms with Gasteiger partial charge in [-0.3, -0.25) is 4.79 Å². The van der Waals surface area contributed by atoms with Crippen molar-refractivity contribution in [2.24, 2.45) is 11.7 Å². The summed E-state index contributed by atoms with van der Waals surface area (Å²) in [7, 11) is 0. The van der Waals surface area contributed by atoms with E-state index in [2.05, 4.69) is 5.32 Å². The highest BCUT2D eigenvalue weighted by molar-refractivity contribution is 5.76. The van der Waals surface area contributed by atoms with E-state index >= 15 is 0 Å². The molecule has 15 heavy (non-hydrogen) atoms. The van der Waals surface area contributed by atoms with Crippen LogP contribution in [-0.2, 0) is 4.79 Å². The number of hydrogen-bond acceptors (Lipinski definition) is 3. The molecular formula is C11H22N2O2. The van der Waals surface area contributed by atoms with Gasteiger partial charge in [-0.15, -0.1) is 0 Å². The smallest absolute Gasteiger partial charge is 0.220 e. The van der Waals surface area contributed by atoms with Crippen LogP contribution in [0.4, 0.5) is 0 Å². The van der Waals surface area contributed by atoms with E-state index in [1.165, 1.54) is 0 Å². The summed E-state index contributed by atoms with van der Waals surface area (Å²) >= 11 is 0. The van der Waals surface area contributed by atoms with Crippen LogP contribution < -0.4 is 11.1 Å². The normalized spacial score (nSPS) is 28.5. The molecule has 3 atom stereocenters. The standard InChI is InChI=1S/C11H22N2O2/c1-8(7-12)5-11(15)13-9-3-2-4-10(14)6-9/h8-10,14H,2-7,12H2,1H3,(H,13,15). The number of nitrogens with two attached hydrogens (primary N) is 1. The summed E-state index contributed by atoms with van der Waals surface area (Å²) in [6.45, 7) is 2.51. The zero-order valence-electron chi connectivity index (χ0n) is 9.41. The van der Waals surface area contributed by atoms with E-state index in [9.17, 15) is 9.90 Å². The fraction of sp³-hybridized carbons (Fsp3) is 0.909. The van der Waals surface area contributed by atoms with Crippen molar-refractivity contribution < 1.29 is 9.90 Å². The molecule has 0 aromatic carbocycles. The molecule has 4 nitrogen and oxygen atoms in total. The Morgan fingerprint density at radius 3 is 2.93 bits per heavy atom. The van der Waals surface area contributed by atoms with Crippen LogP contribution in [0, 0.1) is 5.92 Å². The number of aliphatic hydroxyl groups excluding tert-OH is 1. The van der Waals surface area contributed by atoms with Crippen molar-refractivity contribution >= 4 is 5.91 Å². The van der Waals surface area contributed by atoms with Crippen molar-refractivity contribution in [3.8, 4) is 0 Å². The zero-order chi connectivity index (χ0) is 11.3. The van der Waals surface area contributed by atoms with Crippen LogP contribution in [0.1, 0.15) is 39.0 Å². The summed E-state index contributed by atoms with van der Waals surface area (Å²) in [5.74, 6) is 0.297. The molecule has 0 aromatic rings. The van der Waals surface area contributed by atoms with Crippen molar-refractivity contribution in [1.29, 1.82) is 0 Å². The van der Waals surface area contributed by atoms with Crippen LogP contribution in [-0.4, -0.2) is 29.7 Å². The Morgan fingerprint density at radius 2 is 2.33 bits per heavy atom. The van der Waals surface area contributed by atoms with E-state index in [-0.39, 0.29) is 24.0 Å². The molecule has 0 aromatic heterocycles. The lowest BCUT2D eigenvalue weighted by Crippen LogP contribution is -2.40. The third-order valence-electron chi connectivity index (χ3n) is 2.95. The molecule has 0 spiro atoms. The SMILES string of the molecule is CC(CN)CC(=O)NC1CCCC(O)C1. The van der Waals surface area contributed by atoms with Crippen molar-refractivity contribution in [3.05, 3.63) is 0 Å². The Hall–Kier alpha value is -0.610. The first-order valence-corrected chi connectivity index (χ1v) is 5.79. The monoisotopic (exact) mass is 214 g/mol. The Morgan fingerprint density at radius 1 is 1.60 bits per heavy atom. The Kier molecular flexibility index (Phi) is 5.05. The van der Waals surface area contributed by atoms with Crippen LogP contribution >= 0.6 is 0 Å². The maximum absolute atomic E-state index is 11.5. The molecule has 88 valence electrons. The lowest BCUT2D eigenvalue weighted by molar-refractivity contribution is -0.123. The Bertz CT molecular complexity index is 209.